The van der Waals surface area contributed by atoms with Gasteiger partial charge in [-0.1, -0.05) is 77.2 Å². The van der Waals surface area contributed by atoms with Crippen molar-refractivity contribution in [1.82, 2.24) is 0 Å². The second-order valence-electron chi connectivity index (χ2n) is 10.7. The second-order valence-corrected chi connectivity index (χ2v) is 10.7. The Labute approximate surface area is 171 Å². The van der Waals surface area contributed by atoms with E-state index in [1.54, 1.807) is 51.4 Å². The summed E-state index contributed by atoms with van der Waals surface area (Å²) >= 11 is 0. The quantitative estimate of drug-likeness (QED) is 0.280. The highest BCUT2D eigenvalue weighted by Crippen LogP contribution is 2.43. The van der Waals surface area contributed by atoms with Gasteiger partial charge in [0.05, 0.1) is 0 Å². The fourth-order valence-electron chi connectivity index (χ4n) is 6.88. The normalized spacial score (nSPS) is 37.8. The fraction of sp³-hybridized carbons (Fsp3) is 0.926. The molecule has 0 unspecified atom stereocenters. The van der Waals surface area contributed by atoms with Crippen molar-refractivity contribution in [3.05, 3.63) is 12.7 Å². The maximum Gasteiger partial charge on any atom is -0.0236 e. The second kappa shape index (κ2) is 11.7. The highest BCUT2D eigenvalue weighted by Gasteiger charge is 2.30. The van der Waals surface area contributed by atoms with Crippen LogP contribution in [0.1, 0.15) is 122 Å². The van der Waals surface area contributed by atoms with Crippen LogP contribution in [0.5, 0.6) is 0 Å². The van der Waals surface area contributed by atoms with Gasteiger partial charge in [0.15, 0.2) is 0 Å². The predicted molar refractivity (Wildman–Crippen MR) is 120 cm³/mol. The maximum absolute atomic E-state index is 3.98. The number of hydrogen-bond acceptors (Lipinski definition) is 0. The van der Waals surface area contributed by atoms with E-state index in [1.165, 1.54) is 64.2 Å². The molecular formula is C27H48. The molecule has 156 valence electrons. The van der Waals surface area contributed by atoms with E-state index in [4.69, 9.17) is 0 Å². The molecule has 0 aliphatic heterocycles. The van der Waals surface area contributed by atoms with Crippen LogP contribution in [0.4, 0.5) is 0 Å². The van der Waals surface area contributed by atoms with E-state index in [1.807, 2.05) is 0 Å². The SMILES string of the molecule is C=C[C@H]1CC[C@H](CCCC[C@H]2CC[C@H]([C@H]3CC[C@H](CCC)CC3)CC2)CC1. The van der Waals surface area contributed by atoms with Crippen LogP contribution in [0.15, 0.2) is 12.7 Å². The van der Waals surface area contributed by atoms with Crippen LogP contribution in [0.2, 0.25) is 0 Å². The molecule has 0 aromatic heterocycles. The molecule has 0 atom stereocenters. The first-order valence-corrected chi connectivity index (χ1v) is 12.9. The van der Waals surface area contributed by atoms with Gasteiger partial charge in [0, 0.05) is 0 Å². The summed E-state index contributed by atoms with van der Waals surface area (Å²) in [6.45, 7) is 6.34. The predicted octanol–water partition coefficient (Wildman–Crippen LogP) is 8.95. The lowest BCUT2D eigenvalue weighted by Gasteiger charge is -2.38. The van der Waals surface area contributed by atoms with Crippen molar-refractivity contribution in [3.63, 3.8) is 0 Å². The van der Waals surface area contributed by atoms with Crippen LogP contribution >= 0.6 is 0 Å². The summed E-state index contributed by atoms with van der Waals surface area (Å²) in [6.07, 6.45) is 29.4. The molecule has 0 nitrogen and oxygen atoms in total. The Bertz CT molecular complexity index is 386. The van der Waals surface area contributed by atoms with E-state index in [0.717, 1.165) is 35.5 Å². The third-order valence-electron chi connectivity index (χ3n) is 8.85. The van der Waals surface area contributed by atoms with Gasteiger partial charge in [0.25, 0.3) is 0 Å². The molecule has 0 N–H and O–H groups in total. The van der Waals surface area contributed by atoms with Crippen LogP contribution in [0, 0.1) is 35.5 Å². The Hall–Kier alpha value is -0.260. The number of unbranched alkanes of at least 4 members (excludes halogenated alkanes) is 1. The van der Waals surface area contributed by atoms with E-state index in [0.29, 0.717) is 0 Å². The first kappa shape index (κ1) is 21.4. The number of hydrogen-bond donors (Lipinski definition) is 0. The highest BCUT2D eigenvalue weighted by atomic mass is 14.4. The molecule has 3 fully saturated rings. The van der Waals surface area contributed by atoms with E-state index >= 15 is 0 Å². The molecule has 3 aliphatic carbocycles. The molecule has 0 spiro atoms. The molecule has 0 saturated heterocycles. The van der Waals surface area contributed by atoms with Gasteiger partial charge in [-0.25, -0.2) is 0 Å². The molecule has 0 aromatic rings. The first-order chi connectivity index (χ1) is 13.3. The summed E-state index contributed by atoms with van der Waals surface area (Å²) in [7, 11) is 0. The molecule has 3 saturated carbocycles. The van der Waals surface area contributed by atoms with Crippen molar-refractivity contribution in [2.45, 2.75) is 122 Å². The molecule has 0 bridgehead atoms. The Balaban J connectivity index is 1.22. The first-order valence-electron chi connectivity index (χ1n) is 12.9. The monoisotopic (exact) mass is 372 g/mol. The molecule has 0 amide bonds. The van der Waals surface area contributed by atoms with Crippen molar-refractivity contribution < 1.29 is 0 Å². The lowest BCUT2D eigenvalue weighted by atomic mass is 9.68. The minimum absolute atomic E-state index is 0.832. The summed E-state index contributed by atoms with van der Waals surface area (Å²) in [5.41, 5.74) is 0. The third-order valence-corrected chi connectivity index (χ3v) is 8.85. The zero-order valence-electron chi connectivity index (χ0n) is 18.5. The average Bonchev–Trinajstić information content (AvgIpc) is 2.73. The van der Waals surface area contributed by atoms with Crippen molar-refractivity contribution in [1.29, 1.82) is 0 Å². The van der Waals surface area contributed by atoms with Gasteiger partial charge >= 0.3 is 0 Å². The summed E-state index contributed by atoms with van der Waals surface area (Å²) < 4.78 is 0. The zero-order valence-corrected chi connectivity index (χ0v) is 18.5. The van der Waals surface area contributed by atoms with Gasteiger partial charge in [-0.2, -0.15) is 0 Å². The van der Waals surface area contributed by atoms with Crippen LogP contribution in [0.3, 0.4) is 0 Å². The Morgan fingerprint density at radius 3 is 1.41 bits per heavy atom. The van der Waals surface area contributed by atoms with Gasteiger partial charge < -0.3 is 0 Å². The summed E-state index contributed by atoms with van der Waals surface area (Å²) in [5, 5.41) is 0. The Morgan fingerprint density at radius 2 is 1.00 bits per heavy atom. The van der Waals surface area contributed by atoms with Gasteiger partial charge in [0.2, 0.25) is 0 Å². The van der Waals surface area contributed by atoms with E-state index in [2.05, 4.69) is 19.6 Å². The summed E-state index contributed by atoms with van der Waals surface area (Å²) in [6, 6.07) is 0. The minimum Gasteiger partial charge on any atom is -0.103 e. The molecular weight excluding hydrogens is 324 g/mol. The van der Waals surface area contributed by atoms with E-state index < -0.39 is 0 Å². The molecule has 0 radical (unpaired) electrons. The van der Waals surface area contributed by atoms with Crippen molar-refractivity contribution >= 4 is 0 Å². The highest BCUT2D eigenvalue weighted by molar-refractivity contribution is 4.84. The standard InChI is InChI=1S/C27H48/c1-3-7-23-14-18-26(19-15-23)27-20-16-25(17-21-27)9-6-5-8-24-12-10-22(4-2)11-13-24/h4,22-27H,2-3,5-21H2,1H3/t22-,23-,24-,25-,26-,27-. The average molecular weight is 373 g/mol. The maximum atomic E-state index is 3.98. The Morgan fingerprint density at radius 1 is 0.593 bits per heavy atom. The molecule has 0 heteroatoms. The van der Waals surface area contributed by atoms with Crippen molar-refractivity contribution in [3.8, 4) is 0 Å². The van der Waals surface area contributed by atoms with Crippen LogP contribution < -0.4 is 0 Å². The molecule has 27 heavy (non-hydrogen) atoms. The van der Waals surface area contributed by atoms with Gasteiger partial charge in [-0.15, -0.1) is 6.58 Å². The number of allylic oxidation sites excluding steroid dienone is 1. The van der Waals surface area contributed by atoms with E-state index in [9.17, 15) is 0 Å². The minimum atomic E-state index is 0.832. The van der Waals surface area contributed by atoms with Gasteiger partial charge in [0.1, 0.15) is 0 Å². The largest absolute Gasteiger partial charge is 0.103 e. The topological polar surface area (TPSA) is 0 Å². The van der Waals surface area contributed by atoms with Gasteiger partial charge in [-0.3, -0.25) is 0 Å². The summed E-state index contributed by atoms with van der Waals surface area (Å²) in [4.78, 5) is 0. The molecule has 3 aliphatic rings. The number of rotatable bonds is 9. The van der Waals surface area contributed by atoms with Crippen LogP contribution in [-0.4, -0.2) is 0 Å². The third kappa shape index (κ3) is 6.93. The fourth-order valence-corrected chi connectivity index (χ4v) is 6.88. The smallest absolute Gasteiger partial charge is 0.0236 e. The summed E-state index contributed by atoms with van der Waals surface area (Å²) in [5.74, 6) is 6.23. The van der Waals surface area contributed by atoms with Crippen LogP contribution in [-0.2, 0) is 0 Å². The Kier molecular flexibility index (Phi) is 9.27. The molecule has 3 rings (SSSR count). The van der Waals surface area contributed by atoms with Crippen LogP contribution in [0.25, 0.3) is 0 Å². The zero-order chi connectivity index (χ0) is 18.9. The van der Waals surface area contributed by atoms with E-state index in [-0.39, 0.29) is 0 Å². The van der Waals surface area contributed by atoms with Crippen molar-refractivity contribution in [2.24, 2.45) is 35.5 Å². The molecule has 0 heterocycles. The molecule has 0 aromatic carbocycles. The lowest BCUT2D eigenvalue weighted by molar-refractivity contribution is 0.140. The van der Waals surface area contributed by atoms with Gasteiger partial charge in [-0.05, 0) is 86.9 Å². The lowest BCUT2D eigenvalue weighted by Crippen LogP contribution is -2.25. The van der Waals surface area contributed by atoms with Crippen molar-refractivity contribution in [2.75, 3.05) is 0 Å².